The van der Waals surface area contributed by atoms with E-state index in [2.05, 4.69) is 5.10 Å². The Kier molecular flexibility index (Phi) is 3.01. The lowest BCUT2D eigenvalue weighted by Crippen LogP contribution is -2.01. The molecular formula is C11H9ClN2O3. The minimum absolute atomic E-state index is 0.0918. The molecule has 0 spiro atoms. The minimum atomic E-state index is -1.11. The summed E-state index contributed by atoms with van der Waals surface area (Å²) in [5.41, 5.74) is 0.578. The van der Waals surface area contributed by atoms with Crippen LogP contribution in [0.4, 0.5) is 0 Å². The van der Waals surface area contributed by atoms with Gasteiger partial charge in [-0.15, -0.1) is 0 Å². The van der Waals surface area contributed by atoms with Gasteiger partial charge in [0.05, 0.1) is 12.8 Å². The van der Waals surface area contributed by atoms with Gasteiger partial charge in [0.2, 0.25) is 0 Å². The summed E-state index contributed by atoms with van der Waals surface area (Å²) in [6.45, 7) is 0. The van der Waals surface area contributed by atoms with Crippen molar-refractivity contribution in [2.24, 2.45) is 0 Å². The molecule has 6 heteroatoms. The van der Waals surface area contributed by atoms with Crippen molar-refractivity contribution in [1.82, 2.24) is 9.78 Å². The molecule has 0 aliphatic rings. The number of hydrogen-bond donors (Lipinski definition) is 1. The van der Waals surface area contributed by atoms with Crippen LogP contribution in [0.5, 0.6) is 5.75 Å². The normalized spacial score (nSPS) is 10.2. The smallest absolute Gasteiger partial charge is 0.356 e. The molecule has 0 saturated heterocycles. The van der Waals surface area contributed by atoms with Crippen molar-refractivity contribution < 1.29 is 14.6 Å². The predicted octanol–water partition coefficient (Wildman–Crippen LogP) is 2.23. The van der Waals surface area contributed by atoms with Crippen LogP contribution < -0.4 is 4.74 Å². The van der Waals surface area contributed by atoms with Crippen LogP contribution in [0.2, 0.25) is 5.15 Å². The molecule has 0 radical (unpaired) electrons. The van der Waals surface area contributed by atoms with Gasteiger partial charge >= 0.3 is 5.97 Å². The number of hydrogen-bond acceptors (Lipinski definition) is 3. The number of carbonyl (C=O) groups is 1. The molecular weight excluding hydrogens is 244 g/mol. The van der Waals surface area contributed by atoms with Crippen molar-refractivity contribution in [1.29, 1.82) is 0 Å². The lowest BCUT2D eigenvalue weighted by molar-refractivity contribution is 0.0690. The zero-order valence-corrected chi connectivity index (χ0v) is 9.68. The van der Waals surface area contributed by atoms with Crippen LogP contribution in [-0.2, 0) is 0 Å². The molecule has 5 nitrogen and oxygen atoms in total. The maximum atomic E-state index is 10.7. The summed E-state index contributed by atoms with van der Waals surface area (Å²) in [7, 11) is 1.57. The number of halogens is 1. The molecule has 0 saturated carbocycles. The van der Waals surface area contributed by atoms with Crippen LogP contribution in [0.1, 0.15) is 10.5 Å². The Hall–Kier alpha value is -2.01. The lowest BCUT2D eigenvalue weighted by atomic mass is 10.3. The fraction of sp³-hybridized carbons (Fsp3) is 0.0909. The molecule has 0 bridgehead atoms. The summed E-state index contributed by atoms with van der Waals surface area (Å²) < 4.78 is 6.37. The molecule has 1 heterocycles. The Labute approximate surface area is 102 Å². The second kappa shape index (κ2) is 4.47. The molecule has 0 fully saturated rings. The first kappa shape index (κ1) is 11.5. The van der Waals surface area contributed by atoms with Gasteiger partial charge in [0.25, 0.3) is 0 Å². The van der Waals surface area contributed by atoms with Gasteiger partial charge in [0.15, 0.2) is 5.69 Å². The largest absolute Gasteiger partial charge is 0.497 e. The summed E-state index contributed by atoms with van der Waals surface area (Å²) in [5.74, 6) is -0.408. The summed E-state index contributed by atoms with van der Waals surface area (Å²) >= 11 is 5.90. The highest BCUT2D eigenvalue weighted by molar-refractivity contribution is 6.30. The van der Waals surface area contributed by atoms with Crippen LogP contribution in [0.25, 0.3) is 5.69 Å². The number of benzene rings is 1. The average molecular weight is 253 g/mol. The zero-order chi connectivity index (χ0) is 12.4. The second-order valence-electron chi connectivity index (χ2n) is 3.27. The van der Waals surface area contributed by atoms with Gasteiger partial charge in [-0.05, 0) is 24.3 Å². The molecule has 0 aliphatic heterocycles. The third kappa shape index (κ3) is 2.24. The quantitative estimate of drug-likeness (QED) is 0.910. The minimum Gasteiger partial charge on any atom is -0.497 e. The first-order valence-corrected chi connectivity index (χ1v) is 5.13. The summed E-state index contributed by atoms with van der Waals surface area (Å²) in [6, 6.07) is 8.27. The SMILES string of the molecule is COc1ccc(-n2nc(C(=O)O)cc2Cl)cc1. The Morgan fingerprint density at radius 3 is 2.53 bits per heavy atom. The summed E-state index contributed by atoms with van der Waals surface area (Å²) in [4.78, 5) is 10.7. The molecule has 1 N–H and O–H groups in total. The summed E-state index contributed by atoms with van der Waals surface area (Å²) in [5, 5.41) is 12.9. The fourth-order valence-electron chi connectivity index (χ4n) is 1.37. The monoisotopic (exact) mass is 252 g/mol. The summed E-state index contributed by atoms with van der Waals surface area (Å²) in [6.07, 6.45) is 0. The van der Waals surface area contributed by atoms with Gasteiger partial charge in [-0.3, -0.25) is 0 Å². The Morgan fingerprint density at radius 1 is 1.41 bits per heavy atom. The van der Waals surface area contributed by atoms with Crippen molar-refractivity contribution >= 4 is 17.6 Å². The van der Waals surface area contributed by atoms with Crippen molar-refractivity contribution in [2.45, 2.75) is 0 Å². The van der Waals surface area contributed by atoms with Crippen molar-refractivity contribution in [3.05, 3.63) is 41.2 Å². The first-order valence-electron chi connectivity index (χ1n) is 4.75. The highest BCUT2D eigenvalue weighted by Crippen LogP contribution is 2.19. The highest BCUT2D eigenvalue weighted by Gasteiger charge is 2.12. The fourth-order valence-corrected chi connectivity index (χ4v) is 1.61. The van der Waals surface area contributed by atoms with E-state index >= 15 is 0 Å². The van der Waals surface area contributed by atoms with E-state index in [9.17, 15) is 4.79 Å². The van der Waals surface area contributed by atoms with Crippen molar-refractivity contribution in [3.8, 4) is 11.4 Å². The van der Waals surface area contributed by atoms with Crippen molar-refractivity contribution in [3.63, 3.8) is 0 Å². The molecule has 88 valence electrons. The van der Waals surface area contributed by atoms with Gasteiger partial charge in [-0.25, -0.2) is 9.48 Å². The number of methoxy groups -OCH3 is 1. The predicted molar refractivity (Wildman–Crippen MR) is 62.1 cm³/mol. The molecule has 17 heavy (non-hydrogen) atoms. The molecule has 1 aromatic carbocycles. The number of rotatable bonds is 3. The Balaban J connectivity index is 2.41. The van der Waals surface area contributed by atoms with Gasteiger partial charge in [0, 0.05) is 6.07 Å². The molecule has 0 atom stereocenters. The van der Waals surface area contributed by atoms with Crippen molar-refractivity contribution in [2.75, 3.05) is 7.11 Å². The standard InChI is InChI=1S/C11H9ClN2O3/c1-17-8-4-2-7(3-5-8)14-10(12)6-9(13-14)11(15)16/h2-6H,1H3,(H,15,16). The van der Waals surface area contributed by atoms with E-state index in [0.717, 1.165) is 0 Å². The topological polar surface area (TPSA) is 64.4 Å². The van der Waals surface area contributed by atoms with Crippen LogP contribution in [0.3, 0.4) is 0 Å². The van der Waals surface area contributed by atoms with E-state index in [1.54, 1.807) is 31.4 Å². The van der Waals surface area contributed by atoms with Gasteiger partial charge in [-0.1, -0.05) is 11.6 Å². The maximum absolute atomic E-state index is 10.7. The number of aromatic nitrogens is 2. The van der Waals surface area contributed by atoms with Gasteiger partial charge in [-0.2, -0.15) is 5.10 Å². The molecule has 1 aromatic heterocycles. The van der Waals surface area contributed by atoms with Gasteiger partial charge in [0.1, 0.15) is 10.9 Å². The number of ether oxygens (including phenoxy) is 1. The van der Waals surface area contributed by atoms with E-state index in [4.69, 9.17) is 21.4 Å². The van der Waals surface area contributed by atoms with E-state index in [0.29, 0.717) is 11.4 Å². The van der Waals surface area contributed by atoms with E-state index in [1.807, 2.05) is 0 Å². The van der Waals surface area contributed by atoms with E-state index < -0.39 is 5.97 Å². The van der Waals surface area contributed by atoms with Crippen LogP contribution in [-0.4, -0.2) is 28.0 Å². The molecule has 2 aromatic rings. The molecule has 2 rings (SSSR count). The number of nitrogens with zero attached hydrogens (tertiary/aromatic N) is 2. The van der Waals surface area contributed by atoms with Crippen LogP contribution in [0.15, 0.2) is 30.3 Å². The highest BCUT2D eigenvalue weighted by atomic mass is 35.5. The van der Waals surface area contributed by atoms with Crippen LogP contribution in [0, 0.1) is 0 Å². The lowest BCUT2D eigenvalue weighted by Gasteiger charge is -2.04. The average Bonchev–Trinajstić information content (AvgIpc) is 2.72. The number of carboxylic acids is 1. The Bertz CT molecular complexity index is 548. The third-order valence-electron chi connectivity index (χ3n) is 2.20. The van der Waals surface area contributed by atoms with E-state index in [-0.39, 0.29) is 10.8 Å². The van der Waals surface area contributed by atoms with E-state index in [1.165, 1.54) is 10.7 Å². The first-order chi connectivity index (χ1) is 8.11. The second-order valence-corrected chi connectivity index (χ2v) is 3.65. The number of carboxylic acid groups (broad SMARTS) is 1. The zero-order valence-electron chi connectivity index (χ0n) is 8.92. The maximum Gasteiger partial charge on any atom is 0.356 e. The Morgan fingerprint density at radius 2 is 2.06 bits per heavy atom. The third-order valence-corrected chi connectivity index (χ3v) is 2.47. The molecule has 0 aliphatic carbocycles. The molecule has 0 unspecified atom stereocenters. The molecule has 0 amide bonds. The van der Waals surface area contributed by atoms with Gasteiger partial charge < -0.3 is 9.84 Å². The number of aromatic carboxylic acids is 1. The van der Waals surface area contributed by atoms with Crippen LogP contribution >= 0.6 is 11.6 Å².